The van der Waals surface area contributed by atoms with Gasteiger partial charge in [0.2, 0.25) is 0 Å². The first-order valence-corrected chi connectivity index (χ1v) is 7.86. The Labute approximate surface area is 165 Å². The zero-order chi connectivity index (χ0) is 19.4. The summed E-state index contributed by atoms with van der Waals surface area (Å²) in [5.74, 6) is -0.0987. The molecular formula is C20H15ClF3NO3. The fourth-order valence-electron chi connectivity index (χ4n) is 2.41. The average Bonchev–Trinajstić information content (AvgIpc) is 3.10. The SMILES string of the molecule is COC(=O)c1cc(-c2ccc(C(F)(F)F)cc2)oc1C=Cc1ccncc1.Cl. The molecule has 1 aromatic carbocycles. The van der Waals surface area contributed by atoms with Crippen molar-refractivity contribution < 1.29 is 27.1 Å². The number of methoxy groups -OCH3 is 1. The lowest BCUT2D eigenvalue weighted by Crippen LogP contribution is -2.03. The highest BCUT2D eigenvalue weighted by atomic mass is 35.5. The van der Waals surface area contributed by atoms with E-state index in [2.05, 4.69) is 4.98 Å². The lowest BCUT2D eigenvalue weighted by molar-refractivity contribution is -0.137. The lowest BCUT2D eigenvalue weighted by Gasteiger charge is -2.06. The molecule has 3 rings (SSSR count). The number of hydrogen-bond donors (Lipinski definition) is 0. The van der Waals surface area contributed by atoms with Gasteiger partial charge < -0.3 is 9.15 Å². The monoisotopic (exact) mass is 409 g/mol. The molecule has 0 fully saturated rings. The van der Waals surface area contributed by atoms with Gasteiger partial charge >= 0.3 is 12.1 Å². The summed E-state index contributed by atoms with van der Waals surface area (Å²) in [7, 11) is 1.24. The van der Waals surface area contributed by atoms with Crippen LogP contribution < -0.4 is 0 Å². The van der Waals surface area contributed by atoms with Gasteiger partial charge in [-0.2, -0.15) is 13.2 Å². The Morgan fingerprint density at radius 1 is 1.07 bits per heavy atom. The summed E-state index contributed by atoms with van der Waals surface area (Å²) in [5, 5.41) is 0. The van der Waals surface area contributed by atoms with Crippen molar-refractivity contribution in [3.63, 3.8) is 0 Å². The maximum Gasteiger partial charge on any atom is 0.416 e. The van der Waals surface area contributed by atoms with Crippen LogP contribution in [0.2, 0.25) is 0 Å². The number of benzene rings is 1. The lowest BCUT2D eigenvalue weighted by atomic mass is 10.1. The van der Waals surface area contributed by atoms with E-state index in [1.807, 2.05) is 0 Å². The summed E-state index contributed by atoms with van der Waals surface area (Å²) in [6.07, 6.45) is 2.14. The number of carbonyl (C=O) groups is 1. The number of furan rings is 1. The Morgan fingerprint density at radius 3 is 2.29 bits per heavy atom. The molecule has 28 heavy (non-hydrogen) atoms. The molecule has 3 aromatic rings. The molecule has 0 atom stereocenters. The Balaban J connectivity index is 0.00000280. The number of hydrogen-bond acceptors (Lipinski definition) is 4. The predicted molar refractivity (Wildman–Crippen MR) is 101 cm³/mol. The maximum atomic E-state index is 12.7. The van der Waals surface area contributed by atoms with Crippen LogP contribution in [-0.4, -0.2) is 18.1 Å². The maximum absolute atomic E-state index is 12.7. The Bertz CT molecular complexity index is 965. The fourth-order valence-corrected chi connectivity index (χ4v) is 2.41. The summed E-state index contributed by atoms with van der Waals surface area (Å²) in [6, 6.07) is 9.49. The molecule has 2 heterocycles. The van der Waals surface area contributed by atoms with Crippen molar-refractivity contribution >= 4 is 30.5 Å². The molecule has 0 bridgehead atoms. The van der Waals surface area contributed by atoms with Crippen molar-refractivity contribution in [1.29, 1.82) is 0 Å². The van der Waals surface area contributed by atoms with Gasteiger partial charge in [0.1, 0.15) is 17.1 Å². The Morgan fingerprint density at radius 2 is 1.71 bits per heavy atom. The van der Waals surface area contributed by atoms with Crippen LogP contribution in [-0.2, 0) is 10.9 Å². The van der Waals surface area contributed by atoms with Crippen molar-refractivity contribution in [2.24, 2.45) is 0 Å². The molecule has 2 aromatic heterocycles. The molecule has 0 N–H and O–H groups in total. The molecule has 0 saturated heterocycles. The van der Waals surface area contributed by atoms with Gasteiger partial charge in [0.05, 0.1) is 12.7 Å². The van der Waals surface area contributed by atoms with E-state index in [1.54, 1.807) is 36.7 Å². The fraction of sp³-hybridized carbons (Fsp3) is 0.100. The van der Waals surface area contributed by atoms with Gasteiger partial charge in [-0.15, -0.1) is 12.4 Å². The zero-order valence-electron chi connectivity index (χ0n) is 14.6. The third-order valence-electron chi connectivity index (χ3n) is 3.80. The van der Waals surface area contributed by atoms with Crippen LogP contribution in [0.1, 0.15) is 27.2 Å². The van der Waals surface area contributed by atoms with Gasteiger partial charge in [-0.3, -0.25) is 4.98 Å². The number of carbonyl (C=O) groups excluding carboxylic acids is 1. The van der Waals surface area contributed by atoms with Crippen LogP contribution in [0.3, 0.4) is 0 Å². The van der Waals surface area contributed by atoms with Crippen LogP contribution in [0.5, 0.6) is 0 Å². The highest BCUT2D eigenvalue weighted by Gasteiger charge is 2.30. The number of ether oxygens (including phenoxy) is 1. The van der Waals surface area contributed by atoms with Crippen LogP contribution in [0.25, 0.3) is 23.5 Å². The van der Waals surface area contributed by atoms with E-state index in [9.17, 15) is 18.0 Å². The molecule has 146 valence electrons. The van der Waals surface area contributed by atoms with Crippen molar-refractivity contribution in [1.82, 2.24) is 4.98 Å². The molecule has 0 aliphatic carbocycles. The Kier molecular flexibility index (Phi) is 6.64. The molecule has 8 heteroatoms. The van der Waals surface area contributed by atoms with Crippen LogP contribution in [0.4, 0.5) is 13.2 Å². The number of rotatable bonds is 4. The molecule has 0 unspecified atom stereocenters. The normalized spacial score (nSPS) is 11.3. The van der Waals surface area contributed by atoms with Gasteiger partial charge in [-0.25, -0.2) is 4.79 Å². The third kappa shape index (κ3) is 4.80. The summed E-state index contributed by atoms with van der Waals surface area (Å²) in [5.41, 5.74) is 0.673. The summed E-state index contributed by atoms with van der Waals surface area (Å²) < 4.78 is 48.6. The van der Waals surface area contributed by atoms with Gasteiger partial charge in [0.25, 0.3) is 0 Å². The highest BCUT2D eigenvalue weighted by Crippen LogP contribution is 2.32. The predicted octanol–water partition coefficient (Wildman–Crippen LogP) is 5.74. The summed E-state index contributed by atoms with van der Waals surface area (Å²) in [6.45, 7) is 0. The first kappa shape index (κ1) is 21.2. The molecule has 0 aliphatic rings. The van der Waals surface area contributed by atoms with E-state index < -0.39 is 17.7 Å². The van der Waals surface area contributed by atoms with Crippen molar-refractivity contribution in [2.45, 2.75) is 6.18 Å². The topological polar surface area (TPSA) is 52.3 Å². The summed E-state index contributed by atoms with van der Waals surface area (Å²) >= 11 is 0. The van der Waals surface area contributed by atoms with Crippen molar-refractivity contribution in [3.05, 3.63) is 77.3 Å². The van der Waals surface area contributed by atoms with E-state index >= 15 is 0 Å². The highest BCUT2D eigenvalue weighted by molar-refractivity contribution is 5.95. The molecule has 4 nitrogen and oxygen atoms in total. The van der Waals surface area contributed by atoms with Gasteiger partial charge in [-0.05, 0) is 42.0 Å². The van der Waals surface area contributed by atoms with E-state index in [0.717, 1.165) is 17.7 Å². The number of aromatic nitrogens is 1. The van der Waals surface area contributed by atoms with Crippen molar-refractivity contribution in [3.8, 4) is 11.3 Å². The minimum absolute atomic E-state index is 0. The van der Waals surface area contributed by atoms with Crippen LogP contribution >= 0.6 is 12.4 Å². The second-order valence-corrected chi connectivity index (χ2v) is 5.57. The zero-order valence-corrected chi connectivity index (χ0v) is 15.4. The van der Waals surface area contributed by atoms with E-state index in [-0.39, 0.29) is 29.5 Å². The smallest absolute Gasteiger partial charge is 0.416 e. The van der Waals surface area contributed by atoms with Crippen molar-refractivity contribution in [2.75, 3.05) is 7.11 Å². The number of pyridine rings is 1. The quantitative estimate of drug-likeness (QED) is 0.516. The Hall–Kier alpha value is -3.06. The minimum atomic E-state index is -4.42. The molecule has 0 aliphatic heterocycles. The van der Waals surface area contributed by atoms with Gasteiger partial charge in [0.15, 0.2) is 0 Å². The molecule has 0 amide bonds. The van der Waals surface area contributed by atoms with E-state index in [0.29, 0.717) is 5.56 Å². The molecular weight excluding hydrogens is 395 g/mol. The standard InChI is InChI=1S/C20H14F3NO3.ClH/c1-26-19(25)16-12-18(14-3-5-15(6-4-14)20(21,22)23)27-17(16)7-2-13-8-10-24-11-9-13;/h2-12H,1H3;1H. The minimum Gasteiger partial charge on any atom is -0.465 e. The van der Waals surface area contributed by atoms with E-state index in [1.165, 1.54) is 25.3 Å². The average molecular weight is 410 g/mol. The van der Waals surface area contributed by atoms with Crippen LogP contribution in [0.15, 0.2) is 59.3 Å². The van der Waals surface area contributed by atoms with E-state index in [4.69, 9.17) is 9.15 Å². The van der Waals surface area contributed by atoms with Crippen LogP contribution in [0, 0.1) is 0 Å². The summed E-state index contributed by atoms with van der Waals surface area (Å²) in [4.78, 5) is 15.9. The second kappa shape index (κ2) is 8.75. The number of halogens is 4. The third-order valence-corrected chi connectivity index (χ3v) is 3.80. The molecule has 0 spiro atoms. The molecule has 0 saturated carbocycles. The molecule has 0 radical (unpaired) electrons. The number of esters is 1. The first-order chi connectivity index (χ1) is 12.9. The van der Waals surface area contributed by atoms with Gasteiger partial charge in [-0.1, -0.05) is 18.2 Å². The largest absolute Gasteiger partial charge is 0.465 e. The van der Waals surface area contributed by atoms with Gasteiger partial charge in [0, 0.05) is 18.0 Å². The number of alkyl halides is 3. The first-order valence-electron chi connectivity index (χ1n) is 7.86. The second-order valence-electron chi connectivity index (χ2n) is 5.57. The number of nitrogens with zero attached hydrogens (tertiary/aromatic N) is 1.